The van der Waals surface area contributed by atoms with Crippen LogP contribution >= 0.6 is 11.3 Å². The first kappa shape index (κ1) is 15.7. The first-order valence-electron chi connectivity index (χ1n) is 6.32. The lowest BCUT2D eigenvalue weighted by Crippen LogP contribution is -2.30. The lowest BCUT2D eigenvalue weighted by Gasteiger charge is -2.09. The van der Waals surface area contributed by atoms with E-state index in [4.69, 9.17) is 5.11 Å². The summed E-state index contributed by atoms with van der Waals surface area (Å²) in [6.07, 6.45) is 0.985. The van der Waals surface area contributed by atoms with Crippen molar-refractivity contribution in [1.82, 2.24) is 10.6 Å². The van der Waals surface area contributed by atoms with Crippen LogP contribution in [0.3, 0.4) is 0 Å². The number of aliphatic hydroxyl groups is 1. The third-order valence-corrected chi connectivity index (χ3v) is 3.44. The quantitative estimate of drug-likeness (QED) is 0.623. The number of carbonyl (C=O) groups is 2. The number of hydrogen-bond donors (Lipinski definition) is 3. The molecule has 0 aliphatic carbocycles. The lowest BCUT2D eigenvalue weighted by molar-refractivity contribution is -0.121. The molecule has 0 radical (unpaired) electrons. The molecule has 19 heavy (non-hydrogen) atoms. The van der Waals surface area contributed by atoms with E-state index >= 15 is 0 Å². The van der Waals surface area contributed by atoms with Crippen molar-refractivity contribution < 1.29 is 14.7 Å². The topological polar surface area (TPSA) is 78.4 Å². The third kappa shape index (κ3) is 6.35. The van der Waals surface area contributed by atoms with Gasteiger partial charge < -0.3 is 15.7 Å². The Balaban J connectivity index is 2.07. The number of hydrogen-bond acceptors (Lipinski definition) is 4. The van der Waals surface area contributed by atoms with Gasteiger partial charge in [-0.3, -0.25) is 9.59 Å². The van der Waals surface area contributed by atoms with Crippen molar-refractivity contribution in [3.05, 3.63) is 22.4 Å². The van der Waals surface area contributed by atoms with E-state index in [9.17, 15) is 9.59 Å². The highest BCUT2D eigenvalue weighted by atomic mass is 32.1. The van der Waals surface area contributed by atoms with Crippen molar-refractivity contribution in [2.75, 3.05) is 19.7 Å². The summed E-state index contributed by atoms with van der Waals surface area (Å²) >= 11 is 1.39. The van der Waals surface area contributed by atoms with Gasteiger partial charge in [-0.25, -0.2) is 0 Å². The first-order chi connectivity index (χ1) is 9.13. The predicted octanol–water partition coefficient (Wildman–Crippen LogP) is 1.00. The molecule has 0 aliphatic rings. The Hall–Kier alpha value is -1.40. The molecule has 3 N–H and O–H groups in total. The van der Waals surface area contributed by atoms with Crippen LogP contribution in [0.25, 0.3) is 0 Å². The molecular formula is C13H20N2O3S. The molecule has 1 heterocycles. The molecule has 0 saturated heterocycles. The fourth-order valence-electron chi connectivity index (χ4n) is 1.39. The maximum absolute atomic E-state index is 11.6. The van der Waals surface area contributed by atoms with Crippen molar-refractivity contribution in [1.29, 1.82) is 0 Å². The summed E-state index contributed by atoms with van der Waals surface area (Å²) in [6, 6.07) is 3.60. The molecule has 0 aromatic carbocycles. The van der Waals surface area contributed by atoms with Gasteiger partial charge >= 0.3 is 0 Å². The van der Waals surface area contributed by atoms with Crippen molar-refractivity contribution in [3.63, 3.8) is 0 Å². The Morgan fingerprint density at radius 2 is 2.21 bits per heavy atom. The number of rotatable bonds is 8. The predicted molar refractivity (Wildman–Crippen MR) is 75.1 cm³/mol. The molecule has 0 fully saturated rings. The van der Waals surface area contributed by atoms with Crippen molar-refractivity contribution in [2.24, 2.45) is 5.92 Å². The summed E-state index contributed by atoms with van der Waals surface area (Å²) in [5.41, 5.74) is 0. The summed E-state index contributed by atoms with van der Waals surface area (Å²) in [6.45, 7) is 2.90. The van der Waals surface area contributed by atoms with Crippen LogP contribution in [0.4, 0.5) is 0 Å². The molecule has 0 bridgehead atoms. The van der Waals surface area contributed by atoms with Gasteiger partial charge in [0.25, 0.3) is 5.91 Å². The number of nitrogens with one attached hydrogen (secondary N) is 2. The molecule has 2 amide bonds. The van der Waals surface area contributed by atoms with E-state index < -0.39 is 0 Å². The molecule has 0 saturated carbocycles. The van der Waals surface area contributed by atoms with Crippen LogP contribution in [0, 0.1) is 5.92 Å². The van der Waals surface area contributed by atoms with E-state index in [0.717, 1.165) is 0 Å². The maximum Gasteiger partial charge on any atom is 0.261 e. The zero-order valence-electron chi connectivity index (χ0n) is 11.0. The second-order valence-electron chi connectivity index (χ2n) is 4.43. The maximum atomic E-state index is 11.6. The summed E-state index contributed by atoms with van der Waals surface area (Å²) in [5, 5.41) is 16.2. The number of amides is 2. The number of aliphatic hydroxyl groups excluding tert-OH is 1. The second-order valence-corrected chi connectivity index (χ2v) is 5.38. The minimum absolute atomic E-state index is 0.0503. The average Bonchev–Trinajstić information content (AvgIpc) is 2.94. The Kier molecular flexibility index (Phi) is 7.14. The highest BCUT2D eigenvalue weighted by Crippen LogP contribution is 2.07. The van der Waals surface area contributed by atoms with E-state index in [1.165, 1.54) is 11.3 Å². The third-order valence-electron chi connectivity index (χ3n) is 2.57. The molecule has 1 aromatic rings. The van der Waals surface area contributed by atoms with Crippen molar-refractivity contribution in [3.8, 4) is 0 Å². The molecule has 1 atom stereocenters. The largest absolute Gasteiger partial charge is 0.396 e. The Morgan fingerprint density at radius 3 is 2.84 bits per heavy atom. The van der Waals surface area contributed by atoms with Gasteiger partial charge in [-0.15, -0.1) is 11.3 Å². The van der Waals surface area contributed by atoms with E-state index in [0.29, 0.717) is 30.8 Å². The van der Waals surface area contributed by atoms with E-state index in [1.807, 2.05) is 18.4 Å². The highest BCUT2D eigenvalue weighted by molar-refractivity contribution is 7.12. The molecular weight excluding hydrogens is 264 g/mol. The first-order valence-corrected chi connectivity index (χ1v) is 7.20. The van der Waals surface area contributed by atoms with Crippen molar-refractivity contribution in [2.45, 2.75) is 19.8 Å². The fraction of sp³-hybridized carbons (Fsp3) is 0.538. The molecule has 1 unspecified atom stereocenters. The highest BCUT2D eigenvalue weighted by Gasteiger charge is 2.07. The summed E-state index contributed by atoms with van der Waals surface area (Å²) in [4.78, 5) is 23.7. The summed E-state index contributed by atoms with van der Waals surface area (Å²) < 4.78 is 0. The van der Waals surface area contributed by atoms with Crippen LogP contribution in [-0.4, -0.2) is 36.6 Å². The molecule has 0 spiro atoms. The monoisotopic (exact) mass is 284 g/mol. The van der Waals surface area contributed by atoms with Gasteiger partial charge in [0.15, 0.2) is 0 Å². The fourth-order valence-corrected chi connectivity index (χ4v) is 2.03. The van der Waals surface area contributed by atoms with E-state index in [2.05, 4.69) is 10.6 Å². The molecule has 5 nitrogen and oxygen atoms in total. The number of thiophene rings is 1. The van der Waals surface area contributed by atoms with Gasteiger partial charge in [0.05, 0.1) is 4.88 Å². The Labute approximate surface area is 117 Å². The molecule has 6 heteroatoms. The minimum Gasteiger partial charge on any atom is -0.396 e. The van der Waals surface area contributed by atoms with E-state index in [1.54, 1.807) is 6.07 Å². The van der Waals surface area contributed by atoms with Gasteiger partial charge in [-0.1, -0.05) is 13.0 Å². The van der Waals surface area contributed by atoms with Gasteiger partial charge in [0, 0.05) is 26.1 Å². The molecule has 1 rings (SSSR count). The van der Waals surface area contributed by atoms with Crippen LogP contribution < -0.4 is 10.6 Å². The van der Waals surface area contributed by atoms with Crippen LogP contribution in [0.5, 0.6) is 0 Å². The SMILES string of the molecule is CC(CO)CNC(=O)CCCNC(=O)c1cccs1. The van der Waals surface area contributed by atoms with Crippen LogP contribution in [0.1, 0.15) is 29.4 Å². The molecule has 1 aromatic heterocycles. The van der Waals surface area contributed by atoms with Crippen LogP contribution in [0.2, 0.25) is 0 Å². The lowest BCUT2D eigenvalue weighted by atomic mass is 10.2. The summed E-state index contributed by atoms with van der Waals surface area (Å²) in [7, 11) is 0. The standard InChI is InChI=1S/C13H20N2O3S/c1-10(9-16)8-15-12(17)5-2-6-14-13(18)11-4-3-7-19-11/h3-4,7,10,16H,2,5-6,8-9H2,1H3,(H,14,18)(H,15,17). The van der Waals surface area contributed by atoms with E-state index in [-0.39, 0.29) is 24.3 Å². The Morgan fingerprint density at radius 1 is 1.42 bits per heavy atom. The smallest absolute Gasteiger partial charge is 0.261 e. The van der Waals surface area contributed by atoms with Gasteiger partial charge in [0.1, 0.15) is 0 Å². The van der Waals surface area contributed by atoms with Gasteiger partial charge in [-0.05, 0) is 23.8 Å². The second kappa shape index (κ2) is 8.66. The Bertz CT molecular complexity index is 393. The number of carbonyl (C=O) groups excluding carboxylic acids is 2. The minimum atomic E-state index is -0.0932. The normalized spacial score (nSPS) is 11.9. The summed E-state index contributed by atoms with van der Waals surface area (Å²) in [5.74, 6) is -0.0718. The van der Waals surface area contributed by atoms with Gasteiger partial charge in [0.2, 0.25) is 5.91 Å². The van der Waals surface area contributed by atoms with Crippen molar-refractivity contribution >= 4 is 23.2 Å². The molecule has 106 valence electrons. The van der Waals surface area contributed by atoms with Crippen LogP contribution in [0.15, 0.2) is 17.5 Å². The van der Waals surface area contributed by atoms with Gasteiger partial charge in [-0.2, -0.15) is 0 Å². The average molecular weight is 284 g/mol. The molecule has 0 aliphatic heterocycles. The zero-order chi connectivity index (χ0) is 14.1. The zero-order valence-corrected chi connectivity index (χ0v) is 11.8. The van der Waals surface area contributed by atoms with Crippen LogP contribution in [-0.2, 0) is 4.79 Å².